The summed E-state index contributed by atoms with van der Waals surface area (Å²) in [5.41, 5.74) is 6.25. The minimum Gasteiger partial charge on any atom is -0.492 e. The summed E-state index contributed by atoms with van der Waals surface area (Å²) in [6, 6.07) is 9.41. The van der Waals surface area contributed by atoms with E-state index in [0.717, 1.165) is 66.0 Å². The molecule has 1 aliphatic rings. The van der Waals surface area contributed by atoms with Crippen molar-refractivity contribution in [2.24, 2.45) is 0 Å². The van der Waals surface area contributed by atoms with E-state index in [1.807, 2.05) is 62.9 Å². The number of amides is 1. The normalized spacial score (nSPS) is 14.8. The third kappa shape index (κ3) is 7.07. The Morgan fingerprint density at radius 1 is 1.07 bits per heavy atom. The first kappa shape index (κ1) is 32.2. The molecule has 0 radical (unpaired) electrons. The molecule has 0 bridgehead atoms. The predicted molar refractivity (Wildman–Crippen MR) is 178 cm³/mol. The maximum atomic E-state index is 13.6. The van der Waals surface area contributed by atoms with Gasteiger partial charge in [-0.25, -0.2) is 13.4 Å². The largest absolute Gasteiger partial charge is 0.492 e. The van der Waals surface area contributed by atoms with E-state index in [1.54, 1.807) is 18.5 Å². The number of ether oxygens (including phenoxy) is 1. The van der Waals surface area contributed by atoms with Crippen molar-refractivity contribution < 1.29 is 17.9 Å². The van der Waals surface area contributed by atoms with Gasteiger partial charge in [-0.05, 0) is 87.6 Å². The number of methoxy groups -OCH3 is 1. The zero-order chi connectivity index (χ0) is 32.7. The van der Waals surface area contributed by atoms with Crippen LogP contribution in [0.4, 0.5) is 11.4 Å². The summed E-state index contributed by atoms with van der Waals surface area (Å²) in [6.45, 7) is 12.2. The maximum Gasteiger partial charge on any atom is 0.255 e. The first-order valence-electron chi connectivity index (χ1n) is 15.0. The molecule has 0 aliphatic carbocycles. The molecule has 2 N–H and O–H groups in total. The number of rotatable bonds is 8. The lowest BCUT2D eigenvalue weighted by atomic mass is 9.86. The highest BCUT2D eigenvalue weighted by atomic mass is 32.2. The molecule has 2 aromatic heterocycles. The Morgan fingerprint density at radius 2 is 1.76 bits per heavy atom. The lowest BCUT2D eigenvalue weighted by Crippen LogP contribution is -2.32. The SMILES string of the molecule is COc1c(NC(=O)c2ccc(C)c(-n3cnc(-c4cnn(C5CCN(C)CC5)c4C)c3)c2)cc(C(C)(C)C)cc1NS(C)(=O)=O. The molecule has 240 valence electrons. The molecule has 1 aliphatic heterocycles. The molecule has 11 nitrogen and oxygen atoms in total. The van der Waals surface area contributed by atoms with E-state index < -0.39 is 10.0 Å². The molecule has 2 aromatic carbocycles. The highest BCUT2D eigenvalue weighted by molar-refractivity contribution is 7.92. The number of hydrogen-bond donors (Lipinski definition) is 2. The number of carbonyl (C=O) groups excluding carboxylic acids is 1. The summed E-state index contributed by atoms with van der Waals surface area (Å²) in [5.74, 6) is -0.133. The van der Waals surface area contributed by atoms with Gasteiger partial charge in [-0.1, -0.05) is 26.8 Å². The molecule has 45 heavy (non-hydrogen) atoms. The van der Waals surface area contributed by atoms with Crippen molar-refractivity contribution >= 4 is 27.3 Å². The molecule has 5 rings (SSSR count). The minimum absolute atomic E-state index is 0.226. The number of piperidine rings is 1. The van der Waals surface area contributed by atoms with E-state index in [2.05, 4.69) is 33.6 Å². The van der Waals surface area contributed by atoms with Crippen molar-refractivity contribution in [3.05, 3.63) is 71.4 Å². The molecule has 1 saturated heterocycles. The van der Waals surface area contributed by atoms with Crippen molar-refractivity contribution in [3.8, 4) is 22.7 Å². The molecular formula is C33H43N7O4S. The summed E-state index contributed by atoms with van der Waals surface area (Å²) in [6.07, 6.45) is 8.83. The second kappa shape index (κ2) is 12.3. The number of nitrogens with one attached hydrogen (secondary N) is 2. The zero-order valence-electron chi connectivity index (χ0n) is 27.3. The van der Waals surface area contributed by atoms with Gasteiger partial charge in [0.2, 0.25) is 10.0 Å². The average Bonchev–Trinajstić information content (AvgIpc) is 3.59. The van der Waals surface area contributed by atoms with Crippen LogP contribution in [-0.2, 0) is 15.4 Å². The fourth-order valence-corrected chi connectivity index (χ4v) is 6.30. The van der Waals surface area contributed by atoms with Gasteiger partial charge < -0.3 is 19.5 Å². The van der Waals surface area contributed by atoms with Crippen LogP contribution in [-0.4, -0.2) is 72.1 Å². The standard InChI is InChI=1S/C33H43N7O4S/c1-21-9-10-23(32(41)36-27-16-24(33(3,4)5)17-28(31(27)44-7)37-45(8,42)43)15-30(21)39-19-29(34-20-39)26-18-35-40(22(26)2)25-11-13-38(6)14-12-25/h9-10,15-20,25,37H,11-14H2,1-8H3,(H,36,41). The smallest absolute Gasteiger partial charge is 0.255 e. The van der Waals surface area contributed by atoms with Crippen molar-refractivity contribution in [2.75, 3.05) is 43.5 Å². The van der Waals surface area contributed by atoms with Gasteiger partial charge in [0.15, 0.2) is 5.75 Å². The first-order chi connectivity index (χ1) is 21.1. The Morgan fingerprint density at radius 3 is 2.40 bits per heavy atom. The van der Waals surface area contributed by atoms with Crippen LogP contribution < -0.4 is 14.8 Å². The van der Waals surface area contributed by atoms with Crippen LogP contribution >= 0.6 is 0 Å². The second-order valence-corrected chi connectivity index (χ2v) is 14.7. The van der Waals surface area contributed by atoms with Gasteiger partial charge >= 0.3 is 0 Å². The molecule has 0 atom stereocenters. The number of benzene rings is 2. The highest BCUT2D eigenvalue weighted by Crippen LogP contribution is 2.39. The van der Waals surface area contributed by atoms with E-state index in [0.29, 0.717) is 17.3 Å². The Hall–Kier alpha value is -4.16. The fourth-order valence-electron chi connectivity index (χ4n) is 5.75. The summed E-state index contributed by atoms with van der Waals surface area (Å²) in [4.78, 5) is 20.7. The summed E-state index contributed by atoms with van der Waals surface area (Å²) >= 11 is 0. The number of hydrogen-bond acceptors (Lipinski definition) is 7. The van der Waals surface area contributed by atoms with Crippen LogP contribution in [0.5, 0.6) is 5.75 Å². The number of aryl methyl sites for hydroxylation is 1. The molecule has 4 aromatic rings. The molecule has 1 amide bonds. The first-order valence-corrected chi connectivity index (χ1v) is 16.9. The summed E-state index contributed by atoms with van der Waals surface area (Å²) in [5, 5.41) is 7.68. The van der Waals surface area contributed by atoms with Crippen molar-refractivity contribution in [1.29, 1.82) is 0 Å². The van der Waals surface area contributed by atoms with E-state index in [1.165, 1.54) is 7.11 Å². The van der Waals surface area contributed by atoms with Crippen LogP contribution in [0.25, 0.3) is 16.9 Å². The number of carbonyl (C=O) groups is 1. The Bertz CT molecular complexity index is 1830. The van der Waals surface area contributed by atoms with Gasteiger partial charge in [0, 0.05) is 23.0 Å². The maximum absolute atomic E-state index is 13.6. The number of aromatic nitrogens is 4. The second-order valence-electron chi connectivity index (χ2n) is 13.0. The van der Waals surface area contributed by atoms with Crippen LogP contribution in [0.15, 0.2) is 49.1 Å². The summed E-state index contributed by atoms with van der Waals surface area (Å²) < 4.78 is 36.4. The number of sulfonamides is 1. The Kier molecular flexibility index (Phi) is 8.83. The lowest BCUT2D eigenvalue weighted by molar-refractivity contribution is 0.102. The van der Waals surface area contributed by atoms with Gasteiger partial charge in [-0.3, -0.25) is 14.2 Å². The van der Waals surface area contributed by atoms with Gasteiger partial charge in [0.05, 0.1) is 54.7 Å². The number of imidazole rings is 1. The molecular weight excluding hydrogens is 590 g/mol. The van der Waals surface area contributed by atoms with Gasteiger partial charge in [-0.15, -0.1) is 0 Å². The summed E-state index contributed by atoms with van der Waals surface area (Å²) in [7, 11) is -0.00256. The van der Waals surface area contributed by atoms with Crippen LogP contribution in [0.2, 0.25) is 0 Å². The van der Waals surface area contributed by atoms with E-state index in [4.69, 9.17) is 14.8 Å². The van der Waals surface area contributed by atoms with E-state index in [-0.39, 0.29) is 22.8 Å². The van der Waals surface area contributed by atoms with E-state index >= 15 is 0 Å². The van der Waals surface area contributed by atoms with Crippen LogP contribution in [0.3, 0.4) is 0 Å². The molecule has 0 spiro atoms. The monoisotopic (exact) mass is 633 g/mol. The minimum atomic E-state index is -3.60. The van der Waals surface area contributed by atoms with Crippen LogP contribution in [0, 0.1) is 13.8 Å². The third-order valence-corrected chi connectivity index (χ3v) is 8.98. The van der Waals surface area contributed by atoms with Gasteiger partial charge in [0.1, 0.15) is 0 Å². The zero-order valence-corrected chi connectivity index (χ0v) is 28.1. The van der Waals surface area contributed by atoms with Crippen molar-refractivity contribution in [1.82, 2.24) is 24.2 Å². The molecule has 0 unspecified atom stereocenters. The number of anilines is 2. The number of nitrogens with zero attached hydrogens (tertiary/aromatic N) is 5. The number of likely N-dealkylation sites (tertiary alicyclic amines) is 1. The predicted octanol–water partition coefficient (Wildman–Crippen LogP) is 5.55. The molecule has 1 fully saturated rings. The van der Waals surface area contributed by atoms with Gasteiger partial charge in [-0.2, -0.15) is 5.10 Å². The van der Waals surface area contributed by atoms with Gasteiger partial charge in [0.25, 0.3) is 5.91 Å². The molecule has 3 heterocycles. The lowest BCUT2D eigenvalue weighted by Gasteiger charge is -2.29. The van der Waals surface area contributed by atoms with Crippen molar-refractivity contribution in [3.63, 3.8) is 0 Å². The Balaban J connectivity index is 1.43. The molecule has 0 saturated carbocycles. The molecule has 12 heteroatoms. The highest BCUT2D eigenvalue weighted by Gasteiger charge is 2.24. The van der Waals surface area contributed by atoms with Crippen molar-refractivity contribution in [2.45, 2.75) is 58.9 Å². The quantitative estimate of drug-likeness (QED) is 0.261. The third-order valence-electron chi connectivity index (χ3n) is 8.39. The topological polar surface area (TPSA) is 123 Å². The van der Waals surface area contributed by atoms with E-state index in [9.17, 15) is 13.2 Å². The average molecular weight is 634 g/mol. The Labute approximate surface area is 265 Å². The van der Waals surface area contributed by atoms with Crippen LogP contribution in [0.1, 0.15) is 66.8 Å². The fraction of sp³-hybridized carbons (Fsp3) is 0.424.